The molecule has 0 fully saturated rings. The maximum Gasteiger partial charge on any atom is 0.271 e. The quantitative estimate of drug-likeness (QED) is 0.247. The van der Waals surface area contributed by atoms with E-state index >= 15 is 0 Å². The summed E-state index contributed by atoms with van der Waals surface area (Å²) in [5.74, 6) is -1.06. The van der Waals surface area contributed by atoms with Gasteiger partial charge in [-0.1, -0.05) is 60.7 Å². The number of anilines is 1. The van der Waals surface area contributed by atoms with Gasteiger partial charge in [-0.25, -0.2) is 8.42 Å². The van der Waals surface area contributed by atoms with Gasteiger partial charge in [0.2, 0.25) is 21.8 Å². The Morgan fingerprint density at radius 1 is 0.976 bits per heavy atom. The topological polar surface area (TPSA) is 139 Å². The summed E-state index contributed by atoms with van der Waals surface area (Å²) in [4.78, 5) is 40.1. The van der Waals surface area contributed by atoms with Crippen LogP contribution >= 0.6 is 0 Å². The molecule has 3 rings (SSSR count). The van der Waals surface area contributed by atoms with E-state index in [1.807, 2.05) is 57.2 Å². The Bertz CT molecular complexity index is 1510. The molecule has 2 amide bonds. The smallest absolute Gasteiger partial charge is 0.271 e. The number of ether oxygens (including phenoxy) is 1. The fraction of sp³-hybridized carbons (Fsp3) is 0.333. The average molecular weight is 597 g/mol. The molecule has 0 spiro atoms. The van der Waals surface area contributed by atoms with Crippen molar-refractivity contribution in [1.29, 1.82) is 0 Å². The van der Waals surface area contributed by atoms with Crippen molar-refractivity contribution in [3.63, 3.8) is 0 Å². The van der Waals surface area contributed by atoms with Gasteiger partial charge in [0.25, 0.3) is 5.69 Å². The molecule has 11 nitrogen and oxygen atoms in total. The summed E-state index contributed by atoms with van der Waals surface area (Å²) in [7, 11) is -2.85. The van der Waals surface area contributed by atoms with Crippen molar-refractivity contribution in [3.05, 3.63) is 100 Å². The van der Waals surface area contributed by atoms with E-state index < -0.39 is 44.9 Å². The number of hydrogen-bond donors (Lipinski definition) is 1. The van der Waals surface area contributed by atoms with Crippen LogP contribution in [0.2, 0.25) is 0 Å². The number of nitro groups is 1. The van der Waals surface area contributed by atoms with Gasteiger partial charge in [0.15, 0.2) is 0 Å². The van der Waals surface area contributed by atoms with Crippen LogP contribution in [0.4, 0.5) is 11.4 Å². The third kappa shape index (κ3) is 8.77. The third-order valence-corrected chi connectivity index (χ3v) is 7.41. The van der Waals surface area contributed by atoms with Crippen molar-refractivity contribution in [2.75, 3.05) is 24.2 Å². The number of non-ortho nitro benzene ring substituents is 1. The summed E-state index contributed by atoms with van der Waals surface area (Å²) >= 11 is 0. The van der Waals surface area contributed by atoms with Gasteiger partial charge in [-0.2, -0.15) is 0 Å². The summed E-state index contributed by atoms with van der Waals surface area (Å²) < 4.78 is 32.1. The Labute approximate surface area is 246 Å². The van der Waals surface area contributed by atoms with Crippen LogP contribution in [0, 0.1) is 10.1 Å². The number of sulfonamides is 1. The van der Waals surface area contributed by atoms with E-state index in [1.165, 1.54) is 24.1 Å². The Hall–Kier alpha value is -4.45. The van der Waals surface area contributed by atoms with Crippen molar-refractivity contribution in [2.24, 2.45) is 0 Å². The van der Waals surface area contributed by atoms with Crippen LogP contribution in [0.1, 0.15) is 31.9 Å². The summed E-state index contributed by atoms with van der Waals surface area (Å²) in [5, 5.41) is 14.4. The highest BCUT2D eigenvalue weighted by atomic mass is 32.2. The number of nitro benzene ring substituents is 1. The summed E-state index contributed by atoms with van der Waals surface area (Å²) in [5.41, 5.74) is 0.382. The number of benzene rings is 3. The van der Waals surface area contributed by atoms with Crippen molar-refractivity contribution in [3.8, 4) is 5.75 Å². The normalized spacial score (nSPS) is 12.2. The van der Waals surface area contributed by atoms with Crippen molar-refractivity contribution < 1.29 is 27.7 Å². The van der Waals surface area contributed by atoms with Gasteiger partial charge in [-0.3, -0.25) is 24.0 Å². The highest BCUT2D eigenvalue weighted by molar-refractivity contribution is 7.92. The lowest BCUT2D eigenvalue weighted by atomic mass is 10.0. The number of carbonyl (C=O) groups excluding carboxylic acids is 2. The highest BCUT2D eigenvalue weighted by Gasteiger charge is 2.35. The molecule has 0 aliphatic carbocycles. The van der Waals surface area contributed by atoms with E-state index in [1.54, 1.807) is 24.3 Å². The van der Waals surface area contributed by atoms with Gasteiger partial charge in [0.05, 0.1) is 18.3 Å². The van der Waals surface area contributed by atoms with Crippen LogP contribution in [0.5, 0.6) is 5.75 Å². The van der Waals surface area contributed by atoms with Crippen LogP contribution < -0.4 is 14.4 Å². The van der Waals surface area contributed by atoms with Crippen LogP contribution in [-0.4, -0.2) is 61.5 Å². The van der Waals surface area contributed by atoms with Gasteiger partial charge >= 0.3 is 0 Å². The molecule has 0 heterocycles. The Balaban J connectivity index is 2.12. The maximum atomic E-state index is 14.2. The monoisotopic (exact) mass is 596 g/mol. The molecule has 0 saturated carbocycles. The SMILES string of the molecule is COc1ccc([N+](=O)[O-])cc1N(CC(=O)N(Cc1ccccc1)[C@@H](Cc1ccccc1)C(=O)NC(C)(C)C)S(C)(=O)=O. The molecule has 12 heteroatoms. The zero-order valence-corrected chi connectivity index (χ0v) is 25.1. The van der Waals surface area contributed by atoms with E-state index in [-0.39, 0.29) is 30.1 Å². The molecular formula is C30H36N4O7S. The number of nitrogens with one attached hydrogen (secondary N) is 1. The van der Waals surface area contributed by atoms with Crippen LogP contribution in [0.15, 0.2) is 78.9 Å². The molecule has 0 aliphatic rings. The zero-order valence-electron chi connectivity index (χ0n) is 24.3. The van der Waals surface area contributed by atoms with Gasteiger partial charge < -0.3 is 15.0 Å². The molecule has 42 heavy (non-hydrogen) atoms. The Morgan fingerprint density at radius 2 is 1.55 bits per heavy atom. The minimum atomic E-state index is -4.15. The zero-order chi connectivity index (χ0) is 31.1. The number of carbonyl (C=O) groups is 2. The second-order valence-electron chi connectivity index (χ2n) is 10.8. The molecule has 0 aliphatic heterocycles. The lowest BCUT2D eigenvalue weighted by Gasteiger charge is -2.35. The first-order valence-corrected chi connectivity index (χ1v) is 15.0. The first-order chi connectivity index (χ1) is 19.7. The molecule has 1 N–H and O–H groups in total. The minimum Gasteiger partial charge on any atom is -0.495 e. The van der Waals surface area contributed by atoms with E-state index in [2.05, 4.69) is 5.32 Å². The lowest BCUT2D eigenvalue weighted by Crippen LogP contribution is -2.56. The summed E-state index contributed by atoms with van der Waals surface area (Å²) in [6, 6.07) is 20.7. The van der Waals surface area contributed by atoms with E-state index in [0.717, 1.165) is 27.8 Å². The van der Waals surface area contributed by atoms with Crippen LogP contribution in [0.25, 0.3) is 0 Å². The van der Waals surface area contributed by atoms with Crippen LogP contribution in [0.3, 0.4) is 0 Å². The number of rotatable bonds is 12. The second-order valence-corrected chi connectivity index (χ2v) is 12.7. The molecule has 0 radical (unpaired) electrons. The molecule has 3 aromatic carbocycles. The maximum absolute atomic E-state index is 14.2. The van der Waals surface area contributed by atoms with Gasteiger partial charge in [0.1, 0.15) is 24.0 Å². The van der Waals surface area contributed by atoms with E-state index in [9.17, 15) is 28.1 Å². The molecule has 0 saturated heterocycles. The number of methoxy groups -OCH3 is 1. The van der Waals surface area contributed by atoms with Gasteiger partial charge in [0, 0.05) is 30.6 Å². The Kier molecular flexibility index (Phi) is 10.3. The minimum absolute atomic E-state index is 0.0123. The molecular weight excluding hydrogens is 560 g/mol. The van der Waals surface area contributed by atoms with Crippen molar-refractivity contribution in [1.82, 2.24) is 10.2 Å². The molecule has 224 valence electrons. The molecule has 0 bridgehead atoms. The average Bonchev–Trinajstić information content (AvgIpc) is 2.92. The molecule has 0 aromatic heterocycles. The number of nitrogens with zero attached hydrogens (tertiary/aromatic N) is 3. The number of amides is 2. The van der Waals surface area contributed by atoms with Crippen molar-refractivity contribution >= 4 is 33.2 Å². The van der Waals surface area contributed by atoms with Gasteiger partial charge in [-0.05, 0) is 38.0 Å². The van der Waals surface area contributed by atoms with Crippen LogP contribution in [-0.2, 0) is 32.6 Å². The number of hydrogen-bond acceptors (Lipinski definition) is 7. The Morgan fingerprint density at radius 3 is 2.05 bits per heavy atom. The largest absolute Gasteiger partial charge is 0.495 e. The standard InChI is InChI=1S/C30H36N4O7S/c1-30(2,3)31-29(36)26(18-22-12-8-6-9-13-22)32(20-23-14-10-7-11-15-23)28(35)21-33(42(5,39)40)25-19-24(34(37)38)16-17-27(25)41-4/h6-17,19,26H,18,20-21H2,1-5H3,(H,31,36)/t26-/m0/s1. The predicted octanol–water partition coefficient (Wildman–Crippen LogP) is 3.92. The van der Waals surface area contributed by atoms with E-state index in [4.69, 9.17) is 4.74 Å². The van der Waals surface area contributed by atoms with Crippen molar-refractivity contribution in [2.45, 2.75) is 45.3 Å². The second kappa shape index (κ2) is 13.5. The fourth-order valence-electron chi connectivity index (χ4n) is 4.37. The molecule has 3 aromatic rings. The van der Waals surface area contributed by atoms with E-state index in [0.29, 0.717) is 0 Å². The van der Waals surface area contributed by atoms with Gasteiger partial charge in [-0.15, -0.1) is 0 Å². The molecule has 0 unspecified atom stereocenters. The predicted molar refractivity (Wildman–Crippen MR) is 161 cm³/mol. The highest BCUT2D eigenvalue weighted by Crippen LogP contribution is 2.34. The first-order valence-electron chi connectivity index (χ1n) is 13.2. The summed E-state index contributed by atoms with van der Waals surface area (Å²) in [6.07, 6.45) is 1.06. The molecule has 1 atom stereocenters. The lowest BCUT2D eigenvalue weighted by molar-refractivity contribution is -0.384. The summed E-state index contributed by atoms with van der Waals surface area (Å²) in [6.45, 7) is 4.77. The third-order valence-electron chi connectivity index (χ3n) is 6.29. The first kappa shape index (κ1) is 32.1. The fourth-order valence-corrected chi connectivity index (χ4v) is 5.21.